The van der Waals surface area contributed by atoms with Gasteiger partial charge in [-0.3, -0.25) is 4.90 Å². The molecule has 0 atom stereocenters. The lowest BCUT2D eigenvalue weighted by Gasteiger charge is -2.23. The van der Waals surface area contributed by atoms with Crippen molar-refractivity contribution in [2.75, 3.05) is 26.3 Å². The largest absolute Gasteiger partial charge is 0.487 e. The highest BCUT2D eigenvalue weighted by Crippen LogP contribution is 2.37. The van der Waals surface area contributed by atoms with Crippen molar-refractivity contribution in [2.45, 2.75) is 38.8 Å². The van der Waals surface area contributed by atoms with Crippen molar-refractivity contribution in [3.05, 3.63) is 29.3 Å². The highest BCUT2D eigenvalue weighted by atomic mass is 16.5. The molecular weight excluding hydrogens is 254 g/mol. The molecule has 0 saturated carbocycles. The summed E-state index contributed by atoms with van der Waals surface area (Å²) in [5.74, 6) is 1.00. The Kier molecular flexibility index (Phi) is 5.02. The molecule has 0 unspecified atom stereocenters. The third-order valence-corrected chi connectivity index (χ3v) is 3.62. The molecule has 0 fully saturated rings. The molecule has 0 aromatic heterocycles. The van der Waals surface area contributed by atoms with E-state index in [0.717, 1.165) is 31.7 Å². The summed E-state index contributed by atoms with van der Waals surface area (Å²) in [5, 5.41) is 18.1. The maximum absolute atomic E-state index is 9.16. The first-order chi connectivity index (χ1) is 9.55. The SMILES string of the molecule is CC1(C)Cc2cccc(CN(CCO)CCCO)c2O1. The summed E-state index contributed by atoms with van der Waals surface area (Å²) in [6.45, 7) is 6.67. The predicted octanol–water partition coefficient (Wildman–Crippen LogP) is 1.58. The van der Waals surface area contributed by atoms with Gasteiger partial charge < -0.3 is 14.9 Å². The smallest absolute Gasteiger partial charge is 0.127 e. The number of nitrogens with zero attached hydrogens (tertiary/aromatic N) is 1. The van der Waals surface area contributed by atoms with Crippen LogP contribution in [0.25, 0.3) is 0 Å². The molecule has 4 nitrogen and oxygen atoms in total. The summed E-state index contributed by atoms with van der Waals surface area (Å²) >= 11 is 0. The summed E-state index contributed by atoms with van der Waals surface area (Å²) in [6.07, 6.45) is 1.66. The fraction of sp³-hybridized carbons (Fsp3) is 0.625. The van der Waals surface area contributed by atoms with Crippen LogP contribution in [0.1, 0.15) is 31.4 Å². The minimum Gasteiger partial charge on any atom is -0.487 e. The first-order valence-electron chi connectivity index (χ1n) is 7.29. The molecule has 112 valence electrons. The lowest BCUT2D eigenvalue weighted by Crippen LogP contribution is -2.29. The standard InChI is InChI=1S/C16H25NO3/c1-16(2)11-13-5-3-6-14(15(13)20-16)12-17(8-10-19)7-4-9-18/h3,5-6,18-19H,4,7-12H2,1-2H3. The van der Waals surface area contributed by atoms with Crippen LogP contribution in [0.5, 0.6) is 5.75 Å². The van der Waals surface area contributed by atoms with Crippen molar-refractivity contribution >= 4 is 0 Å². The van der Waals surface area contributed by atoms with E-state index in [0.29, 0.717) is 6.54 Å². The van der Waals surface area contributed by atoms with Gasteiger partial charge in [0, 0.05) is 38.2 Å². The Hall–Kier alpha value is -1.10. The van der Waals surface area contributed by atoms with Gasteiger partial charge in [0.2, 0.25) is 0 Å². The van der Waals surface area contributed by atoms with Gasteiger partial charge in [0.05, 0.1) is 6.61 Å². The maximum atomic E-state index is 9.16. The number of aliphatic hydroxyl groups is 2. The van der Waals surface area contributed by atoms with E-state index in [-0.39, 0.29) is 18.8 Å². The molecule has 2 N–H and O–H groups in total. The van der Waals surface area contributed by atoms with Crippen LogP contribution in [0.15, 0.2) is 18.2 Å². The molecule has 2 rings (SSSR count). The van der Waals surface area contributed by atoms with Gasteiger partial charge in [0.1, 0.15) is 11.4 Å². The zero-order valence-corrected chi connectivity index (χ0v) is 12.4. The maximum Gasteiger partial charge on any atom is 0.127 e. The van der Waals surface area contributed by atoms with Crippen LogP contribution in [0.4, 0.5) is 0 Å². The lowest BCUT2D eigenvalue weighted by molar-refractivity contribution is 0.133. The quantitative estimate of drug-likeness (QED) is 0.795. The zero-order valence-electron chi connectivity index (χ0n) is 12.4. The average molecular weight is 279 g/mol. The number of ether oxygens (including phenoxy) is 1. The van der Waals surface area contributed by atoms with Gasteiger partial charge in [-0.1, -0.05) is 18.2 Å². The molecule has 0 amide bonds. The second-order valence-electron chi connectivity index (χ2n) is 6.02. The Morgan fingerprint density at radius 3 is 2.70 bits per heavy atom. The Labute approximate surface area is 121 Å². The second kappa shape index (κ2) is 6.57. The van der Waals surface area contributed by atoms with Crippen LogP contribution in [-0.2, 0) is 13.0 Å². The number of rotatable bonds is 7. The van der Waals surface area contributed by atoms with Gasteiger partial charge in [-0.2, -0.15) is 0 Å². The van der Waals surface area contributed by atoms with Crippen LogP contribution < -0.4 is 4.74 Å². The van der Waals surface area contributed by atoms with E-state index in [9.17, 15) is 0 Å². The third kappa shape index (κ3) is 3.72. The van der Waals surface area contributed by atoms with E-state index in [1.54, 1.807) is 0 Å². The molecule has 1 aromatic carbocycles. The van der Waals surface area contributed by atoms with Gasteiger partial charge >= 0.3 is 0 Å². The van der Waals surface area contributed by atoms with E-state index < -0.39 is 0 Å². The molecule has 0 saturated heterocycles. The van der Waals surface area contributed by atoms with E-state index in [4.69, 9.17) is 14.9 Å². The Morgan fingerprint density at radius 2 is 2.00 bits per heavy atom. The molecule has 1 heterocycles. The van der Waals surface area contributed by atoms with Crippen molar-refractivity contribution in [1.82, 2.24) is 4.90 Å². The lowest BCUT2D eigenvalue weighted by atomic mass is 10.0. The highest BCUT2D eigenvalue weighted by molar-refractivity contribution is 5.45. The Morgan fingerprint density at radius 1 is 1.20 bits per heavy atom. The van der Waals surface area contributed by atoms with Crippen LogP contribution in [0.3, 0.4) is 0 Å². The van der Waals surface area contributed by atoms with Crippen molar-refractivity contribution in [1.29, 1.82) is 0 Å². The normalized spacial score (nSPS) is 16.2. The average Bonchev–Trinajstić information content (AvgIpc) is 2.71. The molecule has 1 aliphatic heterocycles. The molecular formula is C16H25NO3. The van der Waals surface area contributed by atoms with Crippen LogP contribution in [0, 0.1) is 0 Å². The van der Waals surface area contributed by atoms with E-state index in [1.165, 1.54) is 11.1 Å². The molecule has 0 bridgehead atoms. The Balaban J connectivity index is 2.11. The molecule has 0 radical (unpaired) electrons. The number of fused-ring (bicyclic) bond motifs is 1. The molecule has 0 spiro atoms. The fourth-order valence-corrected chi connectivity index (χ4v) is 2.75. The number of hydrogen-bond donors (Lipinski definition) is 2. The predicted molar refractivity (Wildman–Crippen MR) is 78.9 cm³/mol. The number of para-hydroxylation sites is 1. The molecule has 0 aliphatic carbocycles. The van der Waals surface area contributed by atoms with Gasteiger partial charge in [-0.05, 0) is 25.8 Å². The second-order valence-corrected chi connectivity index (χ2v) is 6.02. The van der Waals surface area contributed by atoms with Gasteiger partial charge in [0.15, 0.2) is 0 Å². The molecule has 1 aromatic rings. The Bertz CT molecular complexity index is 445. The van der Waals surface area contributed by atoms with Crippen molar-refractivity contribution in [3.63, 3.8) is 0 Å². The minimum atomic E-state index is -0.134. The van der Waals surface area contributed by atoms with Crippen LogP contribution in [-0.4, -0.2) is 47.0 Å². The van der Waals surface area contributed by atoms with Crippen LogP contribution >= 0.6 is 0 Å². The zero-order chi connectivity index (χ0) is 14.6. The van der Waals surface area contributed by atoms with E-state index in [2.05, 4.69) is 36.9 Å². The van der Waals surface area contributed by atoms with E-state index in [1.807, 2.05) is 0 Å². The summed E-state index contributed by atoms with van der Waals surface area (Å²) in [4.78, 5) is 2.15. The number of aliphatic hydroxyl groups excluding tert-OH is 2. The first-order valence-corrected chi connectivity index (χ1v) is 7.29. The summed E-state index contributed by atoms with van der Waals surface area (Å²) < 4.78 is 6.07. The summed E-state index contributed by atoms with van der Waals surface area (Å²) in [5.41, 5.74) is 2.30. The van der Waals surface area contributed by atoms with E-state index >= 15 is 0 Å². The monoisotopic (exact) mass is 279 g/mol. The van der Waals surface area contributed by atoms with Crippen molar-refractivity contribution in [2.24, 2.45) is 0 Å². The summed E-state index contributed by atoms with van der Waals surface area (Å²) in [7, 11) is 0. The highest BCUT2D eigenvalue weighted by Gasteiger charge is 2.31. The van der Waals surface area contributed by atoms with Gasteiger partial charge in [0.25, 0.3) is 0 Å². The fourth-order valence-electron chi connectivity index (χ4n) is 2.75. The summed E-state index contributed by atoms with van der Waals surface area (Å²) in [6, 6.07) is 6.28. The molecule has 1 aliphatic rings. The number of hydrogen-bond acceptors (Lipinski definition) is 4. The molecule has 4 heteroatoms. The first kappa shape index (κ1) is 15.3. The minimum absolute atomic E-state index is 0.132. The number of benzene rings is 1. The third-order valence-electron chi connectivity index (χ3n) is 3.62. The molecule has 20 heavy (non-hydrogen) atoms. The van der Waals surface area contributed by atoms with Crippen molar-refractivity contribution in [3.8, 4) is 5.75 Å². The van der Waals surface area contributed by atoms with Crippen LogP contribution in [0.2, 0.25) is 0 Å². The van der Waals surface area contributed by atoms with Crippen molar-refractivity contribution < 1.29 is 14.9 Å². The topological polar surface area (TPSA) is 52.9 Å². The van der Waals surface area contributed by atoms with Gasteiger partial charge in [-0.15, -0.1) is 0 Å². The van der Waals surface area contributed by atoms with Gasteiger partial charge in [-0.25, -0.2) is 0 Å².